The van der Waals surface area contributed by atoms with E-state index in [1.54, 1.807) is 14.0 Å². The average Bonchev–Trinajstić information content (AvgIpc) is 2.25. The lowest BCUT2D eigenvalue weighted by atomic mass is 10.2. The lowest BCUT2D eigenvalue weighted by molar-refractivity contribution is -0.125. The Morgan fingerprint density at radius 2 is 2.31 bits per heavy atom. The van der Waals surface area contributed by atoms with Gasteiger partial charge in [0.15, 0.2) is 6.10 Å². The van der Waals surface area contributed by atoms with Gasteiger partial charge in [-0.1, -0.05) is 0 Å². The third-order valence-corrected chi connectivity index (χ3v) is 2.41. The van der Waals surface area contributed by atoms with Gasteiger partial charge in [0.25, 0.3) is 5.91 Å². The van der Waals surface area contributed by atoms with Crippen molar-refractivity contribution in [2.24, 2.45) is 0 Å². The van der Waals surface area contributed by atoms with Crippen molar-refractivity contribution >= 4 is 17.6 Å². The van der Waals surface area contributed by atoms with Crippen LogP contribution >= 0.6 is 0 Å². The molecule has 2 heterocycles. The first-order valence-corrected chi connectivity index (χ1v) is 4.68. The van der Waals surface area contributed by atoms with Gasteiger partial charge in [-0.15, -0.1) is 0 Å². The summed E-state index contributed by atoms with van der Waals surface area (Å²) in [6.45, 7) is 1.62. The van der Waals surface area contributed by atoms with Crippen LogP contribution in [0.2, 0.25) is 0 Å². The smallest absolute Gasteiger partial charge is 0.337 e. The van der Waals surface area contributed by atoms with E-state index >= 15 is 0 Å². The molecule has 16 heavy (non-hydrogen) atoms. The van der Waals surface area contributed by atoms with E-state index in [-0.39, 0.29) is 17.4 Å². The minimum Gasteiger partial charge on any atom is -0.478 e. The summed E-state index contributed by atoms with van der Waals surface area (Å²) >= 11 is 0. The number of hydrogen-bond donors (Lipinski definition) is 1. The van der Waals surface area contributed by atoms with E-state index in [0.29, 0.717) is 5.69 Å². The summed E-state index contributed by atoms with van der Waals surface area (Å²) in [4.78, 5) is 27.6. The van der Waals surface area contributed by atoms with E-state index in [2.05, 4.69) is 4.98 Å². The number of amides is 1. The molecule has 0 saturated heterocycles. The number of carboxylic acid groups (broad SMARTS) is 1. The Morgan fingerprint density at radius 3 is 2.94 bits per heavy atom. The fraction of sp³-hybridized carbons (Fsp3) is 0.300. The summed E-state index contributed by atoms with van der Waals surface area (Å²) in [6, 6.07) is 1.37. The molecule has 0 spiro atoms. The van der Waals surface area contributed by atoms with Crippen LogP contribution in [0.5, 0.6) is 5.88 Å². The first-order chi connectivity index (χ1) is 7.50. The van der Waals surface area contributed by atoms with Gasteiger partial charge < -0.3 is 14.7 Å². The molecule has 6 heteroatoms. The summed E-state index contributed by atoms with van der Waals surface area (Å²) in [5, 5.41) is 8.81. The molecule has 6 nitrogen and oxygen atoms in total. The van der Waals surface area contributed by atoms with Crippen LogP contribution < -0.4 is 9.64 Å². The number of aromatic nitrogens is 1. The number of aromatic carboxylic acids is 1. The average molecular weight is 222 g/mol. The molecule has 0 bridgehead atoms. The van der Waals surface area contributed by atoms with Crippen molar-refractivity contribution in [3.63, 3.8) is 0 Å². The highest BCUT2D eigenvalue weighted by atomic mass is 16.5. The Bertz CT molecular complexity index is 472. The zero-order valence-corrected chi connectivity index (χ0v) is 8.80. The second kappa shape index (κ2) is 3.48. The van der Waals surface area contributed by atoms with Crippen molar-refractivity contribution in [3.8, 4) is 5.88 Å². The van der Waals surface area contributed by atoms with Crippen molar-refractivity contribution in [2.75, 3.05) is 11.9 Å². The Kier molecular flexibility index (Phi) is 2.26. The molecule has 1 unspecified atom stereocenters. The Balaban J connectivity index is 2.50. The third kappa shape index (κ3) is 1.48. The van der Waals surface area contributed by atoms with Gasteiger partial charge in [-0.25, -0.2) is 9.78 Å². The zero-order chi connectivity index (χ0) is 11.9. The van der Waals surface area contributed by atoms with Crippen LogP contribution in [0.4, 0.5) is 5.69 Å². The van der Waals surface area contributed by atoms with Gasteiger partial charge in [0.1, 0.15) is 5.69 Å². The minimum atomic E-state index is -1.09. The monoisotopic (exact) mass is 222 g/mol. The van der Waals surface area contributed by atoms with Crippen molar-refractivity contribution in [1.82, 2.24) is 4.98 Å². The predicted molar refractivity (Wildman–Crippen MR) is 54.7 cm³/mol. The molecule has 84 valence electrons. The molecule has 0 fully saturated rings. The molecule has 1 aliphatic heterocycles. The first kappa shape index (κ1) is 10.4. The predicted octanol–water partition coefficient (Wildman–Crippen LogP) is 0.524. The van der Waals surface area contributed by atoms with E-state index in [1.165, 1.54) is 17.2 Å². The molecule has 2 rings (SSSR count). The van der Waals surface area contributed by atoms with Gasteiger partial charge in [-0.05, 0) is 13.0 Å². The SMILES string of the molecule is CC1Oc2ncc(C(=O)O)cc2N(C)C1=O. The Hall–Kier alpha value is -2.11. The first-order valence-electron chi connectivity index (χ1n) is 4.68. The second-order valence-corrected chi connectivity index (χ2v) is 3.51. The van der Waals surface area contributed by atoms with E-state index in [9.17, 15) is 9.59 Å². The number of anilines is 1. The van der Waals surface area contributed by atoms with Crippen molar-refractivity contribution < 1.29 is 19.4 Å². The zero-order valence-electron chi connectivity index (χ0n) is 8.80. The van der Waals surface area contributed by atoms with Crippen molar-refractivity contribution in [3.05, 3.63) is 17.8 Å². The number of carbonyl (C=O) groups is 2. The van der Waals surface area contributed by atoms with Crippen LogP contribution in [0.1, 0.15) is 17.3 Å². The third-order valence-electron chi connectivity index (χ3n) is 2.41. The maximum atomic E-state index is 11.6. The Morgan fingerprint density at radius 1 is 1.62 bits per heavy atom. The van der Waals surface area contributed by atoms with Crippen molar-refractivity contribution in [2.45, 2.75) is 13.0 Å². The summed E-state index contributed by atoms with van der Waals surface area (Å²) in [5.41, 5.74) is 0.402. The van der Waals surface area contributed by atoms with Crippen LogP contribution in [0.3, 0.4) is 0 Å². The number of carboxylic acids is 1. The van der Waals surface area contributed by atoms with Gasteiger partial charge in [-0.2, -0.15) is 0 Å². The molecule has 1 amide bonds. The standard InChI is InChI=1S/C10H10N2O4/c1-5-9(13)12(2)7-3-6(10(14)15)4-11-8(7)16-5/h3-5H,1-2H3,(H,14,15). The van der Waals surface area contributed by atoms with Crippen LogP contribution in [0.25, 0.3) is 0 Å². The van der Waals surface area contributed by atoms with E-state index < -0.39 is 12.1 Å². The minimum absolute atomic E-state index is 0.0246. The van der Waals surface area contributed by atoms with Crippen LogP contribution in [0, 0.1) is 0 Å². The number of rotatable bonds is 1. The largest absolute Gasteiger partial charge is 0.478 e. The van der Waals surface area contributed by atoms with Crippen molar-refractivity contribution in [1.29, 1.82) is 0 Å². The lowest BCUT2D eigenvalue weighted by Crippen LogP contribution is -2.42. The summed E-state index contributed by atoms with van der Waals surface area (Å²) < 4.78 is 5.25. The fourth-order valence-electron chi connectivity index (χ4n) is 1.50. The summed E-state index contributed by atoms with van der Waals surface area (Å²) in [6.07, 6.45) is 0.609. The number of ether oxygens (including phenoxy) is 1. The molecule has 1 N–H and O–H groups in total. The molecule has 1 atom stereocenters. The topological polar surface area (TPSA) is 79.7 Å². The van der Waals surface area contributed by atoms with E-state index in [4.69, 9.17) is 9.84 Å². The highest BCUT2D eigenvalue weighted by molar-refractivity contribution is 6.00. The lowest BCUT2D eigenvalue weighted by Gasteiger charge is -2.29. The molecule has 1 aromatic heterocycles. The normalized spacial score (nSPS) is 19.0. The number of likely N-dealkylation sites (N-methyl/N-ethyl adjacent to an activating group) is 1. The summed E-state index contributed by atoms with van der Waals surface area (Å²) in [7, 11) is 1.56. The van der Waals surface area contributed by atoms with Gasteiger partial charge in [0, 0.05) is 13.2 Å². The van der Waals surface area contributed by atoms with Crippen LogP contribution in [0.15, 0.2) is 12.3 Å². The number of nitrogens with zero attached hydrogens (tertiary/aromatic N) is 2. The van der Waals surface area contributed by atoms with Gasteiger partial charge in [-0.3, -0.25) is 4.79 Å². The Labute approximate surface area is 91.5 Å². The molecule has 0 saturated carbocycles. The number of hydrogen-bond acceptors (Lipinski definition) is 4. The molecule has 0 aromatic carbocycles. The van der Waals surface area contributed by atoms with E-state index in [0.717, 1.165) is 0 Å². The van der Waals surface area contributed by atoms with Gasteiger partial charge in [0.2, 0.25) is 5.88 Å². The molecule has 0 radical (unpaired) electrons. The summed E-state index contributed by atoms with van der Waals surface area (Å²) in [5.74, 6) is -1.04. The fourth-order valence-corrected chi connectivity index (χ4v) is 1.50. The number of fused-ring (bicyclic) bond motifs is 1. The molecule has 0 aliphatic carbocycles. The molecular weight excluding hydrogens is 212 g/mol. The van der Waals surface area contributed by atoms with Crippen LogP contribution in [-0.4, -0.2) is 35.1 Å². The maximum Gasteiger partial charge on any atom is 0.337 e. The quantitative estimate of drug-likeness (QED) is 0.749. The van der Waals surface area contributed by atoms with E-state index in [1.807, 2.05) is 0 Å². The number of pyridine rings is 1. The molecule has 1 aliphatic rings. The van der Waals surface area contributed by atoms with Gasteiger partial charge >= 0.3 is 5.97 Å². The van der Waals surface area contributed by atoms with Gasteiger partial charge in [0.05, 0.1) is 5.56 Å². The second-order valence-electron chi connectivity index (χ2n) is 3.51. The number of carbonyl (C=O) groups excluding carboxylic acids is 1. The van der Waals surface area contributed by atoms with Crippen LogP contribution in [-0.2, 0) is 4.79 Å². The maximum absolute atomic E-state index is 11.6. The highest BCUT2D eigenvalue weighted by Crippen LogP contribution is 2.31. The molecular formula is C10H10N2O4. The highest BCUT2D eigenvalue weighted by Gasteiger charge is 2.30. The molecule has 1 aromatic rings.